The third-order valence-corrected chi connectivity index (χ3v) is 10.5. The highest BCUT2D eigenvalue weighted by Gasteiger charge is 2.25. The quantitative estimate of drug-likeness (QED) is 0.107. The van der Waals surface area contributed by atoms with Gasteiger partial charge in [-0.05, 0) is 114 Å². The molecule has 0 aromatic heterocycles. The fraction of sp³-hybridized carbons (Fsp3) is 0.375. The van der Waals surface area contributed by atoms with Crippen LogP contribution in [0, 0.1) is 13.8 Å². The highest BCUT2D eigenvalue weighted by Crippen LogP contribution is 2.42. The Morgan fingerprint density at radius 3 is 1.21 bits per heavy atom. The van der Waals surface area contributed by atoms with Crippen LogP contribution in [0.25, 0.3) is 11.1 Å². The van der Waals surface area contributed by atoms with Crippen molar-refractivity contribution in [2.75, 3.05) is 26.4 Å². The first kappa shape index (κ1) is 41.4. The summed E-state index contributed by atoms with van der Waals surface area (Å²) < 4.78 is 27.7. The average Bonchev–Trinajstić information content (AvgIpc) is 3.15. The van der Waals surface area contributed by atoms with Gasteiger partial charge in [0.05, 0.1) is 26.4 Å². The van der Waals surface area contributed by atoms with E-state index in [1.165, 1.54) is 16.7 Å². The van der Waals surface area contributed by atoms with Crippen LogP contribution in [0.1, 0.15) is 109 Å². The zero-order chi connectivity index (χ0) is 39.8. The van der Waals surface area contributed by atoms with Crippen molar-refractivity contribution in [2.45, 2.75) is 92.9 Å². The van der Waals surface area contributed by atoms with Gasteiger partial charge in [-0.2, -0.15) is 0 Å². The highest BCUT2D eigenvalue weighted by molar-refractivity contribution is 9.10. The summed E-state index contributed by atoms with van der Waals surface area (Å²) in [5, 5.41) is 21.2. The van der Waals surface area contributed by atoms with E-state index < -0.39 is 7.12 Å². The number of hydrogen-bond donors (Lipinski definition) is 2. The minimum atomic E-state index is -1.65. The fourth-order valence-electron chi connectivity index (χ4n) is 7.79. The number of ether oxygens (including phenoxy) is 4. The summed E-state index contributed by atoms with van der Waals surface area (Å²) in [6, 6.07) is 25.8. The van der Waals surface area contributed by atoms with Crippen LogP contribution in [0.15, 0.2) is 77.3 Å². The van der Waals surface area contributed by atoms with Gasteiger partial charge in [0, 0.05) is 41.3 Å². The Hall–Kier alpha value is -4.24. The van der Waals surface area contributed by atoms with E-state index in [0.29, 0.717) is 57.6 Å². The van der Waals surface area contributed by atoms with Crippen LogP contribution in [0.4, 0.5) is 0 Å². The number of hydrogen-bond acceptors (Lipinski definition) is 6. The van der Waals surface area contributed by atoms with E-state index in [0.717, 1.165) is 103 Å². The molecule has 0 saturated heterocycles. The molecule has 0 atom stereocenters. The standard InChI is InChI=1S/C48H56BBrO6/c1-7-14-53-45-33-12-11-13-34(45)22-39-27-43(49(51)52)28-40(47(39)55-16-9-3)26-42-30-44(50)29-41(48(42)56-17-10-4)25-38-24-36(35-19-31(5)18-32(6)20-35)23-37(21-33)46(38)54-15-8-2/h11-13,18-20,23-24,27-30,51-52H,7-10,14-17,21-22,25-26H2,1-6H3. The van der Waals surface area contributed by atoms with Gasteiger partial charge in [-0.1, -0.05) is 103 Å². The molecule has 0 spiro atoms. The van der Waals surface area contributed by atoms with Gasteiger partial charge in [-0.3, -0.25) is 0 Å². The molecule has 6 nitrogen and oxygen atoms in total. The molecule has 0 saturated carbocycles. The van der Waals surface area contributed by atoms with E-state index in [-0.39, 0.29) is 0 Å². The molecule has 0 radical (unpaired) electrons. The van der Waals surface area contributed by atoms with Crippen molar-refractivity contribution < 1.29 is 29.0 Å². The Balaban J connectivity index is 1.70. The molecular weight excluding hydrogens is 763 g/mol. The molecule has 6 rings (SSSR count). The minimum absolute atomic E-state index is 0.421. The zero-order valence-corrected chi connectivity index (χ0v) is 35.5. The number of aryl methyl sites for hydroxylation is 2. The van der Waals surface area contributed by atoms with Crippen LogP contribution in [-0.4, -0.2) is 43.6 Å². The van der Waals surface area contributed by atoms with Gasteiger partial charge in [-0.15, -0.1) is 0 Å². The van der Waals surface area contributed by atoms with Crippen molar-refractivity contribution in [1.29, 1.82) is 0 Å². The van der Waals surface area contributed by atoms with Gasteiger partial charge in [0.15, 0.2) is 0 Å². The second-order valence-electron chi connectivity index (χ2n) is 15.1. The summed E-state index contributed by atoms with van der Waals surface area (Å²) in [6.45, 7) is 15.1. The predicted octanol–water partition coefficient (Wildman–Crippen LogP) is 10.2. The molecule has 2 N–H and O–H groups in total. The lowest BCUT2D eigenvalue weighted by Gasteiger charge is -2.24. The maximum absolute atomic E-state index is 10.6. The maximum Gasteiger partial charge on any atom is 0.488 e. The largest absolute Gasteiger partial charge is 0.493 e. The Kier molecular flexibility index (Phi) is 14.2. The molecule has 0 unspecified atom stereocenters. The zero-order valence-electron chi connectivity index (χ0n) is 33.9. The molecule has 0 heterocycles. The molecule has 0 amide bonds. The normalized spacial score (nSPS) is 12.3. The van der Waals surface area contributed by atoms with Crippen LogP contribution >= 0.6 is 15.9 Å². The molecule has 0 fully saturated rings. The lowest BCUT2D eigenvalue weighted by molar-refractivity contribution is 0.304. The van der Waals surface area contributed by atoms with Gasteiger partial charge >= 0.3 is 7.12 Å². The van der Waals surface area contributed by atoms with Crippen LogP contribution in [0.2, 0.25) is 0 Å². The summed E-state index contributed by atoms with van der Waals surface area (Å²) in [5.41, 5.74) is 13.2. The number of halogens is 1. The molecule has 56 heavy (non-hydrogen) atoms. The molecule has 1 aliphatic carbocycles. The lowest BCUT2D eigenvalue weighted by atomic mass is 9.77. The second-order valence-corrected chi connectivity index (χ2v) is 16.0. The van der Waals surface area contributed by atoms with Crippen molar-refractivity contribution in [3.8, 4) is 34.1 Å². The molecule has 0 aliphatic heterocycles. The number of para-hydroxylation sites is 1. The van der Waals surface area contributed by atoms with Gasteiger partial charge in [-0.25, -0.2) is 0 Å². The minimum Gasteiger partial charge on any atom is -0.493 e. The third kappa shape index (κ3) is 9.82. The summed E-state index contributed by atoms with van der Waals surface area (Å²) in [4.78, 5) is 0. The van der Waals surface area contributed by atoms with E-state index in [9.17, 15) is 10.0 Å². The Morgan fingerprint density at radius 2 is 0.821 bits per heavy atom. The van der Waals surface area contributed by atoms with Crippen molar-refractivity contribution in [2.24, 2.45) is 0 Å². The Labute approximate surface area is 342 Å². The van der Waals surface area contributed by atoms with Crippen molar-refractivity contribution in [1.82, 2.24) is 0 Å². The fourth-order valence-corrected chi connectivity index (χ4v) is 8.34. The van der Waals surface area contributed by atoms with Crippen molar-refractivity contribution in [3.63, 3.8) is 0 Å². The molecule has 294 valence electrons. The van der Waals surface area contributed by atoms with Crippen LogP contribution in [0.5, 0.6) is 23.0 Å². The third-order valence-electron chi connectivity index (χ3n) is 10.1. The smallest absolute Gasteiger partial charge is 0.488 e. The van der Waals surface area contributed by atoms with E-state index in [1.54, 1.807) is 0 Å². The predicted molar refractivity (Wildman–Crippen MR) is 233 cm³/mol. The molecule has 5 aromatic rings. The summed E-state index contributed by atoms with van der Waals surface area (Å²) >= 11 is 3.87. The van der Waals surface area contributed by atoms with Gasteiger partial charge in [0.1, 0.15) is 23.0 Å². The van der Waals surface area contributed by atoms with Crippen LogP contribution < -0.4 is 24.4 Å². The van der Waals surface area contributed by atoms with Crippen LogP contribution in [0.3, 0.4) is 0 Å². The van der Waals surface area contributed by atoms with E-state index in [1.807, 2.05) is 12.1 Å². The number of rotatable bonds is 14. The highest BCUT2D eigenvalue weighted by atomic mass is 79.9. The topological polar surface area (TPSA) is 77.4 Å². The SMILES string of the molecule is CCCOc1c2cccc1Cc1cc(-c3cc(C)cc(C)c3)cc(c1OCCC)Cc1cc(Br)cc(c1OCCC)Cc1cc(B(O)O)cc(c1OCCC)C2. The Bertz CT molecular complexity index is 2120. The van der Waals surface area contributed by atoms with E-state index in [2.05, 4.69) is 118 Å². The average molecular weight is 820 g/mol. The van der Waals surface area contributed by atoms with E-state index >= 15 is 0 Å². The monoisotopic (exact) mass is 818 g/mol. The molecule has 5 aromatic carbocycles. The first-order valence-electron chi connectivity index (χ1n) is 20.3. The van der Waals surface area contributed by atoms with Crippen LogP contribution in [-0.2, 0) is 25.7 Å². The Morgan fingerprint density at radius 1 is 0.482 bits per heavy atom. The maximum atomic E-state index is 10.6. The van der Waals surface area contributed by atoms with Gasteiger partial charge < -0.3 is 29.0 Å². The number of fused-ring (bicyclic) bond motifs is 8. The summed E-state index contributed by atoms with van der Waals surface area (Å²) in [7, 11) is -1.65. The number of benzene rings is 5. The first-order chi connectivity index (χ1) is 27.1. The van der Waals surface area contributed by atoms with Gasteiger partial charge in [0.25, 0.3) is 0 Å². The molecular formula is C48H56BBrO6. The molecule has 8 heteroatoms. The van der Waals surface area contributed by atoms with Crippen molar-refractivity contribution >= 4 is 28.5 Å². The second kappa shape index (κ2) is 19.3. The molecule has 8 bridgehead atoms. The van der Waals surface area contributed by atoms with Crippen molar-refractivity contribution in [3.05, 3.63) is 133 Å². The molecule has 1 aliphatic rings. The van der Waals surface area contributed by atoms with Gasteiger partial charge in [0.2, 0.25) is 0 Å². The summed E-state index contributed by atoms with van der Waals surface area (Å²) in [6.07, 6.45) is 5.55. The summed E-state index contributed by atoms with van der Waals surface area (Å²) in [5.74, 6) is 3.35. The first-order valence-corrected chi connectivity index (χ1v) is 21.1. The lowest BCUT2D eigenvalue weighted by Crippen LogP contribution is -2.31. The van der Waals surface area contributed by atoms with E-state index in [4.69, 9.17) is 18.9 Å².